The van der Waals surface area contributed by atoms with Crippen LogP contribution in [-0.2, 0) is 14.4 Å². The smallest absolute Gasteiger partial charge is 0.349 e. The Bertz CT molecular complexity index is 247. The summed E-state index contributed by atoms with van der Waals surface area (Å²) in [4.78, 5) is 25.9. The molecule has 4 N–H and O–H groups in total. The van der Waals surface area contributed by atoms with Gasteiger partial charge >= 0.3 is 11.9 Å². The SMILES string of the molecule is O.O=C(O)/C=C/C(=O)ON1CCNCC1. The molecule has 1 rings (SSSR count). The molecule has 0 atom stereocenters. The maximum absolute atomic E-state index is 11.0. The average Bonchev–Trinajstić information content (AvgIpc) is 2.16. The number of carbonyl (C=O) groups excluding carboxylic acids is 1. The normalized spacial score (nSPS) is 17.1. The molecule has 1 fully saturated rings. The van der Waals surface area contributed by atoms with E-state index in [0.29, 0.717) is 13.1 Å². The van der Waals surface area contributed by atoms with E-state index in [-0.39, 0.29) is 5.48 Å². The molecule has 86 valence electrons. The summed E-state index contributed by atoms with van der Waals surface area (Å²) in [5.41, 5.74) is 0. The predicted molar refractivity (Wildman–Crippen MR) is 50.9 cm³/mol. The van der Waals surface area contributed by atoms with Gasteiger partial charge in [0.1, 0.15) is 0 Å². The summed E-state index contributed by atoms with van der Waals surface area (Å²) in [5, 5.41) is 12.8. The molecule has 1 aliphatic rings. The van der Waals surface area contributed by atoms with Gasteiger partial charge in [-0.05, 0) is 0 Å². The first kappa shape index (κ1) is 13.6. The van der Waals surface area contributed by atoms with Crippen LogP contribution in [0.5, 0.6) is 0 Å². The third-order valence-electron chi connectivity index (χ3n) is 1.66. The van der Waals surface area contributed by atoms with Gasteiger partial charge in [0.15, 0.2) is 0 Å². The molecule has 7 heteroatoms. The summed E-state index contributed by atoms with van der Waals surface area (Å²) in [7, 11) is 0. The van der Waals surface area contributed by atoms with E-state index in [1.54, 1.807) is 0 Å². The Balaban J connectivity index is 0.00000196. The quantitative estimate of drug-likeness (QED) is 0.539. The lowest BCUT2D eigenvalue weighted by Gasteiger charge is -2.24. The molecule has 0 amide bonds. The van der Waals surface area contributed by atoms with Crippen molar-refractivity contribution in [3.63, 3.8) is 0 Å². The molecule has 0 saturated carbocycles. The predicted octanol–water partition coefficient (Wildman–Crippen LogP) is -1.83. The fourth-order valence-corrected chi connectivity index (χ4v) is 1.03. The molecule has 15 heavy (non-hydrogen) atoms. The van der Waals surface area contributed by atoms with Crippen LogP contribution in [0, 0.1) is 0 Å². The van der Waals surface area contributed by atoms with Gasteiger partial charge in [0, 0.05) is 38.3 Å². The number of nitrogens with zero attached hydrogens (tertiary/aromatic N) is 1. The van der Waals surface area contributed by atoms with Gasteiger partial charge in [-0.1, -0.05) is 0 Å². The highest BCUT2D eigenvalue weighted by atomic mass is 16.7. The van der Waals surface area contributed by atoms with Crippen LogP contribution in [0.25, 0.3) is 0 Å². The minimum Gasteiger partial charge on any atom is -0.478 e. The van der Waals surface area contributed by atoms with Gasteiger partial charge in [-0.2, -0.15) is 0 Å². The van der Waals surface area contributed by atoms with Gasteiger partial charge in [0.25, 0.3) is 0 Å². The highest BCUT2D eigenvalue weighted by molar-refractivity contribution is 5.90. The van der Waals surface area contributed by atoms with Crippen molar-refractivity contribution in [2.45, 2.75) is 0 Å². The Labute approximate surface area is 86.6 Å². The molecule has 0 spiro atoms. The summed E-state index contributed by atoms with van der Waals surface area (Å²) in [6.45, 7) is 2.76. The zero-order valence-electron chi connectivity index (χ0n) is 8.10. The molecule has 0 aromatic carbocycles. The van der Waals surface area contributed by atoms with Gasteiger partial charge in [-0.15, -0.1) is 5.06 Å². The van der Waals surface area contributed by atoms with Crippen molar-refractivity contribution in [1.82, 2.24) is 10.4 Å². The number of hydrogen-bond donors (Lipinski definition) is 2. The second-order valence-corrected chi connectivity index (χ2v) is 2.76. The monoisotopic (exact) mass is 218 g/mol. The van der Waals surface area contributed by atoms with E-state index in [9.17, 15) is 9.59 Å². The fraction of sp³-hybridized carbons (Fsp3) is 0.500. The summed E-state index contributed by atoms with van der Waals surface area (Å²) in [5.74, 6) is -1.82. The first-order valence-corrected chi connectivity index (χ1v) is 4.27. The zero-order valence-corrected chi connectivity index (χ0v) is 8.10. The fourth-order valence-electron chi connectivity index (χ4n) is 1.03. The molecule has 0 aliphatic carbocycles. The largest absolute Gasteiger partial charge is 0.478 e. The number of carboxylic acids is 1. The molecule has 1 heterocycles. The van der Waals surface area contributed by atoms with Gasteiger partial charge in [-0.3, -0.25) is 0 Å². The third kappa shape index (κ3) is 5.78. The highest BCUT2D eigenvalue weighted by Gasteiger charge is 2.12. The van der Waals surface area contributed by atoms with E-state index in [1.165, 1.54) is 5.06 Å². The third-order valence-corrected chi connectivity index (χ3v) is 1.66. The van der Waals surface area contributed by atoms with E-state index in [1.807, 2.05) is 0 Å². The van der Waals surface area contributed by atoms with Crippen LogP contribution < -0.4 is 5.32 Å². The molecule has 7 nitrogen and oxygen atoms in total. The molecular weight excluding hydrogens is 204 g/mol. The van der Waals surface area contributed by atoms with Gasteiger partial charge < -0.3 is 20.7 Å². The minimum atomic E-state index is -1.16. The van der Waals surface area contributed by atoms with Crippen molar-refractivity contribution in [2.75, 3.05) is 26.2 Å². The van der Waals surface area contributed by atoms with Crippen LogP contribution >= 0.6 is 0 Å². The molecule has 0 unspecified atom stereocenters. The number of carbonyl (C=O) groups is 2. The van der Waals surface area contributed by atoms with Crippen LogP contribution in [-0.4, -0.2) is 53.8 Å². The number of aliphatic carboxylic acids is 1. The first-order chi connectivity index (χ1) is 6.68. The van der Waals surface area contributed by atoms with E-state index in [0.717, 1.165) is 25.2 Å². The van der Waals surface area contributed by atoms with E-state index >= 15 is 0 Å². The molecule has 0 radical (unpaired) electrons. The average molecular weight is 218 g/mol. The van der Waals surface area contributed by atoms with Crippen LogP contribution in [0.4, 0.5) is 0 Å². The van der Waals surface area contributed by atoms with Gasteiger partial charge in [-0.25, -0.2) is 9.59 Å². The summed E-state index contributed by atoms with van der Waals surface area (Å²) < 4.78 is 0. The maximum atomic E-state index is 11.0. The molecule has 0 aromatic rings. The van der Waals surface area contributed by atoms with E-state index < -0.39 is 11.9 Å². The Hall–Kier alpha value is -1.44. The van der Waals surface area contributed by atoms with Crippen molar-refractivity contribution in [3.05, 3.63) is 12.2 Å². The number of hydroxylamine groups is 2. The number of hydrogen-bond acceptors (Lipinski definition) is 5. The standard InChI is InChI=1S/C8H12N2O4.H2O/c11-7(12)1-2-8(13)14-10-5-3-9-4-6-10;/h1-2,9H,3-6H2,(H,11,12);1H2/b2-1+;. The van der Waals surface area contributed by atoms with Crippen LogP contribution in [0.15, 0.2) is 12.2 Å². The Morgan fingerprint density at radius 1 is 1.27 bits per heavy atom. The maximum Gasteiger partial charge on any atom is 0.349 e. The number of rotatable bonds is 3. The van der Waals surface area contributed by atoms with Crippen LogP contribution in [0.1, 0.15) is 0 Å². The van der Waals surface area contributed by atoms with E-state index in [2.05, 4.69) is 5.32 Å². The Morgan fingerprint density at radius 2 is 1.87 bits per heavy atom. The zero-order chi connectivity index (χ0) is 10.4. The molecule has 0 bridgehead atoms. The summed E-state index contributed by atoms with van der Waals surface area (Å²) in [6.07, 6.45) is 1.65. The van der Waals surface area contributed by atoms with Crippen molar-refractivity contribution >= 4 is 11.9 Å². The summed E-state index contributed by atoms with van der Waals surface area (Å²) >= 11 is 0. The number of carboxylic acid groups (broad SMARTS) is 1. The first-order valence-electron chi connectivity index (χ1n) is 4.27. The molecule has 0 aromatic heterocycles. The topological polar surface area (TPSA) is 110 Å². The van der Waals surface area contributed by atoms with Gasteiger partial charge in [0.2, 0.25) is 0 Å². The lowest BCUT2D eigenvalue weighted by Crippen LogP contribution is -2.44. The minimum absolute atomic E-state index is 0. The number of nitrogens with one attached hydrogen (secondary N) is 1. The second-order valence-electron chi connectivity index (χ2n) is 2.76. The number of piperazine rings is 1. The molecule has 1 saturated heterocycles. The van der Waals surface area contributed by atoms with E-state index in [4.69, 9.17) is 9.94 Å². The Kier molecular flexibility index (Phi) is 6.27. The van der Waals surface area contributed by atoms with Crippen LogP contribution in [0.2, 0.25) is 0 Å². The molecule has 1 aliphatic heterocycles. The van der Waals surface area contributed by atoms with Crippen molar-refractivity contribution in [1.29, 1.82) is 0 Å². The second kappa shape index (κ2) is 6.93. The highest BCUT2D eigenvalue weighted by Crippen LogP contribution is 1.94. The van der Waals surface area contributed by atoms with Crippen molar-refractivity contribution < 1.29 is 25.0 Å². The van der Waals surface area contributed by atoms with Crippen LogP contribution in [0.3, 0.4) is 0 Å². The summed E-state index contributed by atoms with van der Waals surface area (Å²) in [6, 6.07) is 0. The van der Waals surface area contributed by atoms with Crippen molar-refractivity contribution in [3.8, 4) is 0 Å². The lowest BCUT2D eigenvalue weighted by atomic mass is 10.4. The molecular formula is C8H14N2O5. The Morgan fingerprint density at radius 3 is 2.40 bits per heavy atom. The van der Waals surface area contributed by atoms with Gasteiger partial charge in [0.05, 0.1) is 0 Å². The lowest BCUT2D eigenvalue weighted by molar-refractivity contribution is -0.186. The van der Waals surface area contributed by atoms with Crippen molar-refractivity contribution in [2.24, 2.45) is 0 Å².